The van der Waals surface area contributed by atoms with Gasteiger partial charge in [0.15, 0.2) is 0 Å². The van der Waals surface area contributed by atoms with Gasteiger partial charge in [0.25, 0.3) is 11.6 Å². The third kappa shape index (κ3) is 3.63. The smallest absolute Gasteiger partial charge is 0.288 e. The number of rotatable bonds is 4. The quantitative estimate of drug-likeness (QED) is 0.632. The standard InChI is InChI=1S/C16H14ClN3O5S/c17-14-7-2-11(10-15(14)20(22)23)16(21)18-12-3-5-13(6-4-12)19-8-1-9-26(19,24)25/h2-7,10H,1,8-9H2,(H,18,21). The van der Waals surface area contributed by atoms with Crippen molar-refractivity contribution in [3.05, 3.63) is 63.2 Å². The maximum atomic E-state index is 12.3. The number of nitro benzene ring substituents is 1. The zero-order valence-corrected chi connectivity index (χ0v) is 15.0. The lowest BCUT2D eigenvalue weighted by molar-refractivity contribution is -0.384. The molecule has 1 aliphatic heterocycles. The molecule has 0 unspecified atom stereocenters. The van der Waals surface area contributed by atoms with Crippen molar-refractivity contribution in [1.82, 2.24) is 0 Å². The molecule has 0 spiro atoms. The van der Waals surface area contributed by atoms with E-state index in [0.717, 1.165) is 6.07 Å². The normalized spacial score (nSPS) is 15.7. The number of anilines is 2. The van der Waals surface area contributed by atoms with Crippen molar-refractivity contribution < 1.29 is 18.1 Å². The maximum absolute atomic E-state index is 12.3. The number of amides is 1. The fourth-order valence-corrected chi connectivity index (χ4v) is 4.39. The van der Waals surface area contributed by atoms with Crippen molar-refractivity contribution in [1.29, 1.82) is 0 Å². The van der Waals surface area contributed by atoms with Crippen LogP contribution >= 0.6 is 11.6 Å². The molecule has 26 heavy (non-hydrogen) atoms. The number of benzene rings is 2. The van der Waals surface area contributed by atoms with Gasteiger partial charge in [-0.2, -0.15) is 0 Å². The Morgan fingerprint density at radius 3 is 2.46 bits per heavy atom. The van der Waals surface area contributed by atoms with E-state index in [1.54, 1.807) is 24.3 Å². The molecular formula is C16H14ClN3O5S. The van der Waals surface area contributed by atoms with Gasteiger partial charge in [0.2, 0.25) is 10.0 Å². The Hall–Kier alpha value is -2.65. The summed E-state index contributed by atoms with van der Waals surface area (Å²) in [5.74, 6) is -0.410. The van der Waals surface area contributed by atoms with Crippen LogP contribution < -0.4 is 9.62 Å². The number of halogens is 1. The van der Waals surface area contributed by atoms with Crippen LogP contribution in [-0.4, -0.2) is 31.5 Å². The lowest BCUT2D eigenvalue weighted by Gasteiger charge is -2.17. The molecule has 1 amide bonds. The van der Waals surface area contributed by atoms with E-state index < -0.39 is 20.9 Å². The zero-order valence-electron chi connectivity index (χ0n) is 13.4. The number of nitro groups is 1. The van der Waals surface area contributed by atoms with E-state index in [4.69, 9.17) is 11.6 Å². The topological polar surface area (TPSA) is 110 Å². The van der Waals surface area contributed by atoms with Gasteiger partial charge >= 0.3 is 0 Å². The van der Waals surface area contributed by atoms with Crippen LogP contribution in [0, 0.1) is 10.1 Å². The molecule has 1 N–H and O–H groups in total. The van der Waals surface area contributed by atoms with Gasteiger partial charge < -0.3 is 5.32 Å². The van der Waals surface area contributed by atoms with Gasteiger partial charge in [-0.15, -0.1) is 0 Å². The van der Waals surface area contributed by atoms with Crippen molar-refractivity contribution in [2.75, 3.05) is 21.9 Å². The Balaban J connectivity index is 1.76. The van der Waals surface area contributed by atoms with E-state index >= 15 is 0 Å². The zero-order chi connectivity index (χ0) is 18.9. The van der Waals surface area contributed by atoms with Crippen molar-refractivity contribution in [3.8, 4) is 0 Å². The average Bonchev–Trinajstić information content (AvgIpc) is 2.95. The first-order valence-corrected chi connectivity index (χ1v) is 9.62. The van der Waals surface area contributed by atoms with Crippen molar-refractivity contribution in [2.24, 2.45) is 0 Å². The van der Waals surface area contributed by atoms with Gasteiger partial charge in [-0.25, -0.2) is 8.42 Å². The Morgan fingerprint density at radius 1 is 1.19 bits per heavy atom. The number of nitrogens with one attached hydrogen (secondary N) is 1. The summed E-state index contributed by atoms with van der Waals surface area (Å²) in [6.07, 6.45) is 0.580. The molecule has 0 atom stereocenters. The second-order valence-corrected chi connectivity index (χ2v) is 8.09. The Morgan fingerprint density at radius 2 is 1.88 bits per heavy atom. The van der Waals surface area contributed by atoms with Crippen LogP contribution in [0.1, 0.15) is 16.8 Å². The first kappa shape index (κ1) is 18.2. The minimum Gasteiger partial charge on any atom is -0.322 e. The molecule has 2 aromatic carbocycles. The molecule has 0 radical (unpaired) electrons. The first-order chi connectivity index (χ1) is 12.3. The van der Waals surface area contributed by atoms with E-state index in [0.29, 0.717) is 24.3 Å². The summed E-state index contributed by atoms with van der Waals surface area (Å²) in [7, 11) is -3.27. The van der Waals surface area contributed by atoms with E-state index in [1.807, 2.05) is 0 Å². The van der Waals surface area contributed by atoms with Crippen LogP contribution in [0.15, 0.2) is 42.5 Å². The highest BCUT2D eigenvalue weighted by Gasteiger charge is 2.28. The third-order valence-electron chi connectivity index (χ3n) is 3.92. The molecule has 0 bridgehead atoms. The summed E-state index contributed by atoms with van der Waals surface area (Å²) in [5.41, 5.74) is 0.705. The number of carbonyl (C=O) groups excluding carboxylic acids is 1. The summed E-state index contributed by atoms with van der Waals surface area (Å²) in [6, 6.07) is 10.1. The molecule has 1 heterocycles. The number of hydrogen-bond donors (Lipinski definition) is 1. The highest BCUT2D eigenvalue weighted by molar-refractivity contribution is 7.93. The van der Waals surface area contributed by atoms with Gasteiger partial charge in [-0.05, 0) is 42.8 Å². The third-order valence-corrected chi connectivity index (χ3v) is 6.11. The average molecular weight is 396 g/mol. The van der Waals surface area contributed by atoms with Gasteiger partial charge in [-0.1, -0.05) is 11.6 Å². The Kier molecular flexibility index (Phi) is 4.84. The molecule has 1 fully saturated rings. The predicted molar refractivity (Wildman–Crippen MR) is 98.3 cm³/mol. The van der Waals surface area contributed by atoms with Crippen molar-refractivity contribution in [3.63, 3.8) is 0 Å². The fraction of sp³-hybridized carbons (Fsp3) is 0.188. The molecular weight excluding hydrogens is 382 g/mol. The van der Waals surface area contributed by atoms with Gasteiger partial charge in [0, 0.05) is 23.9 Å². The summed E-state index contributed by atoms with van der Waals surface area (Å²) in [6.45, 7) is 0.433. The Bertz CT molecular complexity index is 976. The summed E-state index contributed by atoms with van der Waals surface area (Å²) >= 11 is 5.73. The van der Waals surface area contributed by atoms with Crippen molar-refractivity contribution >= 4 is 44.6 Å². The monoisotopic (exact) mass is 395 g/mol. The second kappa shape index (κ2) is 6.93. The summed E-state index contributed by atoms with van der Waals surface area (Å²) in [5, 5.41) is 13.5. The maximum Gasteiger partial charge on any atom is 0.288 e. The van der Waals surface area contributed by atoms with Crippen LogP contribution in [0.3, 0.4) is 0 Å². The largest absolute Gasteiger partial charge is 0.322 e. The van der Waals surface area contributed by atoms with E-state index in [-0.39, 0.29) is 22.0 Å². The highest BCUT2D eigenvalue weighted by Crippen LogP contribution is 2.27. The molecule has 0 aromatic heterocycles. The fourth-order valence-electron chi connectivity index (χ4n) is 2.64. The molecule has 10 heteroatoms. The van der Waals surface area contributed by atoms with Gasteiger partial charge in [0.1, 0.15) is 5.02 Å². The van der Waals surface area contributed by atoms with Crippen LogP contribution in [0.2, 0.25) is 5.02 Å². The summed E-state index contributed by atoms with van der Waals surface area (Å²) < 4.78 is 25.2. The minimum atomic E-state index is -3.27. The van der Waals surface area contributed by atoms with Crippen LogP contribution in [0.5, 0.6) is 0 Å². The van der Waals surface area contributed by atoms with Crippen molar-refractivity contribution in [2.45, 2.75) is 6.42 Å². The number of sulfonamides is 1. The Labute approximate surface area is 154 Å². The molecule has 2 aromatic rings. The SMILES string of the molecule is O=C(Nc1ccc(N2CCCS2(=O)=O)cc1)c1ccc(Cl)c([N+](=O)[O-])c1. The molecule has 1 aliphatic rings. The molecule has 1 saturated heterocycles. The molecule has 8 nitrogen and oxygen atoms in total. The minimum absolute atomic E-state index is 0.0530. The molecule has 136 valence electrons. The van der Waals surface area contributed by atoms with E-state index in [1.165, 1.54) is 16.4 Å². The van der Waals surface area contributed by atoms with E-state index in [2.05, 4.69) is 5.32 Å². The highest BCUT2D eigenvalue weighted by atomic mass is 35.5. The lowest BCUT2D eigenvalue weighted by atomic mass is 10.2. The lowest BCUT2D eigenvalue weighted by Crippen LogP contribution is -2.24. The first-order valence-electron chi connectivity index (χ1n) is 7.64. The molecule has 3 rings (SSSR count). The molecule has 0 aliphatic carbocycles. The van der Waals surface area contributed by atoms with E-state index in [9.17, 15) is 23.3 Å². The number of carbonyl (C=O) groups is 1. The van der Waals surface area contributed by atoms with Crippen LogP contribution in [-0.2, 0) is 10.0 Å². The van der Waals surface area contributed by atoms with Gasteiger partial charge in [-0.3, -0.25) is 19.2 Å². The second-order valence-electron chi connectivity index (χ2n) is 5.67. The van der Waals surface area contributed by atoms with Crippen LogP contribution in [0.4, 0.5) is 17.1 Å². The number of hydrogen-bond acceptors (Lipinski definition) is 5. The predicted octanol–water partition coefficient (Wildman–Crippen LogP) is 3.04. The summed E-state index contributed by atoms with van der Waals surface area (Å²) in [4.78, 5) is 22.5. The number of nitrogens with zero attached hydrogens (tertiary/aromatic N) is 2. The molecule has 0 saturated carbocycles. The van der Waals surface area contributed by atoms with Gasteiger partial charge in [0.05, 0.1) is 16.4 Å². The van der Waals surface area contributed by atoms with Crippen LogP contribution in [0.25, 0.3) is 0 Å².